The highest BCUT2D eigenvalue weighted by molar-refractivity contribution is 8.00. The van der Waals surface area contributed by atoms with Gasteiger partial charge in [0.2, 0.25) is 0 Å². The van der Waals surface area contributed by atoms with Gasteiger partial charge >= 0.3 is 0 Å². The van der Waals surface area contributed by atoms with E-state index in [9.17, 15) is 0 Å². The molecule has 3 heteroatoms. The molecule has 2 nitrogen and oxygen atoms in total. The lowest BCUT2D eigenvalue weighted by Crippen LogP contribution is -2.38. The molecule has 1 unspecified atom stereocenters. The maximum atomic E-state index is 9.08. The van der Waals surface area contributed by atoms with Crippen molar-refractivity contribution >= 4 is 11.8 Å². The molecule has 0 spiro atoms. The Bertz CT molecular complexity index is 342. The molecule has 0 fully saturated rings. The van der Waals surface area contributed by atoms with Gasteiger partial charge in [-0.1, -0.05) is 18.2 Å². The number of thioether (sulfide) groups is 1. The summed E-state index contributed by atoms with van der Waals surface area (Å²) in [4.78, 5) is 3.80. The summed E-state index contributed by atoms with van der Waals surface area (Å²) in [5.41, 5.74) is 1.48. The second-order valence-electron chi connectivity index (χ2n) is 4.86. The molecule has 0 aromatic heterocycles. The predicted octanol–water partition coefficient (Wildman–Crippen LogP) is 2.41. The summed E-state index contributed by atoms with van der Waals surface area (Å²) < 4.78 is 0. The Morgan fingerprint density at radius 1 is 1.41 bits per heavy atom. The van der Waals surface area contributed by atoms with E-state index in [2.05, 4.69) is 43.0 Å². The molecule has 0 saturated heterocycles. The average Bonchev–Trinajstić information content (AvgIpc) is 2.70. The highest BCUT2D eigenvalue weighted by atomic mass is 32.2. The van der Waals surface area contributed by atoms with Gasteiger partial charge in [0, 0.05) is 29.3 Å². The average molecular weight is 251 g/mol. The Hall–Kier alpha value is -0.510. The summed E-state index contributed by atoms with van der Waals surface area (Å²) in [6, 6.07) is 9.18. The standard InChI is InChI=1S/C14H21NOS/c1-11(2)15(7-8-16)10-13-9-12-5-3-4-6-14(12)17-13/h3-6,11,13,16H,7-10H2,1-2H3. The Labute approximate surface area is 108 Å². The monoisotopic (exact) mass is 251 g/mol. The molecular formula is C14H21NOS. The zero-order valence-electron chi connectivity index (χ0n) is 10.6. The number of aliphatic hydroxyl groups excluding tert-OH is 1. The summed E-state index contributed by atoms with van der Waals surface area (Å²) in [5, 5.41) is 9.72. The Balaban J connectivity index is 1.94. The van der Waals surface area contributed by atoms with Crippen LogP contribution in [0.2, 0.25) is 0 Å². The summed E-state index contributed by atoms with van der Waals surface area (Å²) in [7, 11) is 0. The van der Waals surface area contributed by atoms with Crippen molar-refractivity contribution in [3.63, 3.8) is 0 Å². The number of rotatable bonds is 5. The summed E-state index contributed by atoms with van der Waals surface area (Å²) in [5.74, 6) is 0. The number of hydrogen-bond donors (Lipinski definition) is 1. The molecule has 1 heterocycles. The molecule has 1 aromatic rings. The van der Waals surface area contributed by atoms with Crippen molar-refractivity contribution < 1.29 is 5.11 Å². The van der Waals surface area contributed by atoms with Crippen molar-refractivity contribution in [2.75, 3.05) is 19.7 Å². The van der Waals surface area contributed by atoms with E-state index in [0.29, 0.717) is 11.3 Å². The maximum Gasteiger partial charge on any atom is 0.0558 e. The lowest BCUT2D eigenvalue weighted by molar-refractivity contribution is 0.166. The van der Waals surface area contributed by atoms with E-state index >= 15 is 0 Å². The van der Waals surface area contributed by atoms with Gasteiger partial charge < -0.3 is 5.11 Å². The topological polar surface area (TPSA) is 23.5 Å². The van der Waals surface area contributed by atoms with Gasteiger partial charge in [0.25, 0.3) is 0 Å². The highest BCUT2D eigenvalue weighted by Crippen LogP contribution is 2.37. The van der Waals surface area contributed by atoms with Gasteiger partial charge in [-0.25, -0.2) is 0 Å². The SMILES string of the molecule is CC(C)N(CCO)CC1Cc2ccccc2S1. The van der Waals surface area contributed by atoms with Crippen molar-refractivity contribution in [2.45, 2.75) is 36.5 Å². The van der Waals surface area contributed by atoms with E-state index in [1.54, 1.807) is 0 Å². The normalized spacial score (nSPS) is 19.0. The molecule has 0 bridgehead atoms. The molecule has 2 rings (SSSR count). The first-order valence-corrected chi connectivity index (χ1v) is 7.18. The van der Waals surface area contributed by atoms with Crippen LogP contribution in [0.25, 0.3) is 0 Å². The summed E-state index contributed by atoms with van der Waals surface area (Å²) in [6.07, 6.45) is 1.16. The summed E-state index contributed by atoms with van der Waals surface area (Å²) in [6.45, 7) is 6.50. The van der Waals surface area contributed by atoms with Crippen molar-refractivity contribution in [2.24, 2.45) is 0 Å². The number of aliphatic hydroxyl groups is 1. The first-order chi connectivity index (χ1) is 8.20. The maximum absolute atomic E-state index is 9.08. The van der Waals surface area contributed by atoms with E-state index in [-0.39, 0.29) is 6.61 Å². The number of nitrogens with zero attached hydrogens (tertiary/aromatic N) is 1. The van der Waals surface area contributed by atoms with Gasteiger partial charge in [-0.15, -0.1) is 11.8 Å². The van der Waals surface area contributed by atoms with Crippen LogP contribution in [-0.2, 0) is 6.42 Å². The van der Waals surface area contributed by atoms with E-state index < -0.39 is 0 Å². The van der Waals surface area contributed by atoms with Crippen molar-refractivity contribution in [1.82, 2.24) is 4.90 Å². The fourth-order valence-electron chi connectivity index (χ4n) is 2.31. The van der Waals surface area contributed by atoms with Gasteiger partial charge in [0.1, 0.15) is 0 Å². The minimum atomic E-state index is 0.252. The molecule has 0 radical (unpaired) electrons. The largest absolute Gasteiger partial charge is 0.395 e. The molecule has 1 atom stereocenters. The third-order valence-corrected chi connectivity index (χ3v) is 4.57. The van der Waals surface area contributed by atoms with Gasteiger partial charge in [0.15, 0.2) is 0 Å². The highest BCUT2D eigenvalue weighted by Gasteiger charge is 2.24. The van der Waals surface area contributed by atoms with Crippen LogP contribution < -0.4 is 0 Å². The van der Waals surface area contributed by atoms with E-state index in [1.165, 1.54) is 10.5 Å². The molecule has 94 valence electrons. The smallest absolute Gasteiger partial charge is 0.0558 e. The molecule has 0 aliphatic carbocycles. The first kappa shape index (κ1) is 12.9. The van der Waals surface area contributed by atoms with Gasteiger partial charge in [-0.3, -0.25) is 4.90 Å². The van der Waals surface area contributed by atoms with Crippen LogP contribution in [-0.4, -0.2) is 41.0 Å². The third kappa shape index (κ3) is 3.24. The molecule has 1 aromatic carbocycles. The zero-order chi connectivity index (χ0) is 12.3. The molecule has 0 amide bonds. The fraction of sp³-hybridized carbons (Fsp3) is 0.571. The second kappa shape index (κ2) is 5.89. The van der Waals surface area contributed by atoms with Crippen LogP contribution in [0.1, 0.15) is 19.4 Å². The van der Waals surface area contributed by atoms with Crippen LogP contribution in [0.15, 0.2) is 29.2 Å². The second-order valence-corrected chi connectivity index (χ2v) is 6.21. The molecular weight excluding hydrogens is 230 g/mol. The predicted molar refractivity (Wildman–Crippen MR) is 73.6 cm³/mol. The van der Waals surface area contributed by atoms with Crippen LogP contribution in [0.4, 0.5) is 0 Å². The Morgan fingerprint density at radius 3 is 2.82 bits per heavy atom. The van der Waals surface area contributed by atoms with Crippen molar-refractivity contribution in [1.29, 1.82) is 0 Å². The minimum absolute atomic E-state index is 0.252. The Morgan fingerprint density at radius 2 is 2.18 bits per heavy atom. The van der Waals surface area contributed by atoms with Crippen LogP contribution >= 0.6 is 11.8 Å². The van der Waals surface area contributed by atoms with Crippen molar-refractivity contribution in [3.8, 4) is 0 Å². The fourth-order valence-corrected chi connectivity index (χ4v) is 3.65. The van der Waals surface area contributed by atoms with Crippen LogP contribution in [0.3, 0.4) is 0 Å². The molecule has 1 N–H and O–H groups in total. The summed E-state index contributed by atoms with van der Waals surface area (Å²) >= 11 is 1.98. The minimum Gasteiger partial charge on any atom is -0.395 e. The number of fused-ring (bicyclic) bond motifs is 1. The number of hydrogen-bond acceptors (Lipinski definition) is 3. The van der Waals surface area contributed by atoms with Crippen LogP contribution in [0, 0.1) is 0 Å². The third-order valence-electron chi connectivity index (χ3n) is 3.27. The Kier molecular flexibility index (Phi) is 4.48. The first-order valence-electron chi connectivity index (χ1n) is 6.30. The molecule has 17 heavy (non-hydrogen) atoms. The number of benzene rings is 1. The molecule has 1 aliphatic heterocycles. The van der Waals surface area contributed by atoms with Gasteiger partial charge in [0.05, 0.1) is 6.61 Å². The van der Waals surface area contributed by atoms with Gasteiger partial charge in [-0.2, -0.15) is 0 Å². The van der Waals surface area contributed by atoms with Gasteiger partial charge in [-0.05, 0) is 31.9 Å². The van der Waals surface area contributed by atoms with E-state index in [1.807, 2.05) is 11.8 Å². The molecule has 0 saturated carbocycles. The molecule has 1 aliphatic rings. The lowest BCUT2D eigenvalue weighted by atomic mass is 10.1. The van der Waals surface area contributed by atoms with Crippen molar-refractivity contribution in [3.05, 3.63) is 29.8 Å². The zero-order valence-corrected chi connectivity index (χ0v) is 11.4. The van der Waals surface area contributed by atoms with Crippen LogP contribution in [0.5, 0.6) is 0 Å². The lowest BCUT2D eigenvalue weighted by Gasteiger charge is -2.28. The quantitative estimate of drug-likeness (QED) is 0.869. The van der Waals surface area contributed by atoms with E-state index in [4.69, 9.17) is 5.11 Å². The van der Waals surface area contributed by atoms with E-state index in [0.717, 1.165) is 19.5 Å².